The van der Waals surface area contributed by atoms with Crippen molar-refractivity contribution in [3.63, 3.8) is 0 Å². The van der Waals surface area contributed by atoms with Crippen molar-refractivity contribution < 1.29 is 29.3 Å². The lowest BCUT2D eigenvalue weighted by atomic mass is 9.99. The number of hydrogen-bond acceptors (Lipinski definition) is 9. The van der Waals surface area contributed by atoms with Gasteiger partial charge in [0, 0.05) is 37.1 Å². The fourth-order valence-corrected chi connectivity index (χ4v) is 6.48. The van der Waals surface area contributed by atoms with E-state index in [1.165, 1.54) is 11.8 Å². The molecule has 11 nitrogen and oxygen atoms in total. The number of nitrogens with zero attached hydrogens (tertiary/aromatic N) is 4. The fourth-order valence-electron chi connectivity index (χ4n) is 5.57. The quantitative estimate of drug-likeness (QED) is 0.119. The minimum Gasteiger partial charge on any atom is -0.481 e. The average molecular weight is 680 g/mol. The first kappa shape index (κ1) is 34.0. The van der Waals surface area contributed by atoms with Gasteiger partial charge < -0.3 is 25.0 Å². The molecule has 3 atom stereocenters. The summed E-state index contributed by atoms with van der Waals surface area (Å²) in [4.78, 5) is 22.8. The van der Waals surface area contributed by atoms with Crippen LogP contribution in [0.4, 0.5) is 0 Å². The highest BCUT2D eigenvalue weighted by atomic mass is 32.2. The molecule has 0 saturated carbocycles. The predicted octanol–water partition coefficient (Wildman–Crippen LogP) is 6.03. The Morgan fingerprint density at radius 1 is 0.857 bits per heavy atom. The van der Waals surface area contributed by atoms with Gasteiger partial charge in [0.1, 0.15) is 0 Å². The van der Waals surface area contributed by atoms with Gasteiger partial charge in [0.25, 0.3) is 0 Å². The summed E-state index contributed by atoms with van der Waals surface area (Å²) in [6, 6.07) is 33.6. The van der Waals surface area contributed by atoms with Gasteiger partial charge in [0.15, 0.2) is 6.29 Å². The number of amides is 1. The molecule has 4 aromatic carbocycles. The third kappa shape index (κ3) is 9.18. The SMILES string of the molecule is O=C(O)CCCC(=O)NCc1cccc(-c2ccc([C@@H]3O[C@H](CSc4nnnn4-c4ccccc4)C[C@H](c4ccc(CO)cc4)O3)cc2)c1. The molecule has 5 aromatic rings. The lowest BCUT2D eigenvalue weighted by Crippen LogP contribution is -2.31. The van der Waals surface area contributed by atoms with Crippen LogP contribution in [0, 0.1) is 0 Å². The Kier molecular flexibility index (Phi) is 11.4. The molecule has 12 heteroatoms. The van der Waals surface area contributed by atoms with Gasteiger partial charge in [-0.05, 0) is 62.9 Å². The first-order chi connectivity index (χ1) is 23.9. The van der Waals surface area contributed by atoms with Crippen LogP contribution in [0.3, 0.4) is 0 Å². The van der Waals surface area contributed by atoms with Gasteiger partial charge in [-0.15, -0.1) is 5.10 Å². The Bertz CT molecular complexity index is 1830. The molecule has 1 aromatic heterocycles. The number of carbonyl (C=O) groups excluding carboxylic acids is 1. The van der Waals surface area contributed by atoms with Gasteiger partial charge in [-0.25, -0.2) is 0 Å². The maximum Gasteiger partial charge on any atom is 0.303 e. The number of ether oxygens (including phenoxy) is 2. The minimum atomic E-state index is -0.904. The summed E-state index contributed by atoms with van der Waals surface area (Å²) in [5.41, 5.74) is 6.57. The van der Waals surface area contributed by atoms with Crippen molar-refractivity contribution in [3.8, 4) is 16.8 Å². The topological polar surface area (TPSA) is 149 Å². The zero-order valence-electron chi connectivity index (χ0n) is 26.7. The Morgan fingerprint density at radius 2 is 1.63 bits per heavy atom. The number of aliphatic carboxylic acids is 1. The Labute approximate surface area is 288 Å². The number of rotatable bonds is 14. The third-order valence-corrected chi connectivity index (χ3v) is 9.23. The maximum atomic E-state index is 12.1. The first-order valence-electron chi connectivity index (χ1n) is 16.1. The standard InChI is InChI=1S/C37H37N5O6S/c43-23-25-12-14-28(15-13-25)33-21-32(24-49-37-39-40-41-42(37)31-8-2-1-3-9-31)47-36(48-33)29-18-16-27(17-19-29)30-7-4-6-26(20-30)22-38-34(44)10-5-11-35(45)46/h1-4,6-9,12-20,32-33,36,43H,5,10-11,21-24H2,(H,38,44)(H,45,46)/t32-,33+,36+/m0/s1. The van der Waals surface area contributed by atoms with Crippen molar-refractivity contribution in [2.24, 2.45) is 0 Å². The Morgan fingerprint density at radius 3 is 2.39 bits per heavy atom. The van der Waals surface area contributed by atoms with E-state index in [2.05, 4.69) is 20.8 Å². The molecule has 0 radical (unpaired) electrons. The maximum absolute atomic E-state index is 12.1. The molecule has 0 bridgehead atoms. The fraction of sp³-hybridized carbons (Fsp3) is 0.270. The van der Waals surface area contributed by atoms with E-state index in [1.54, 1.807) is 4.68 Å². The monoisotopic (exact) mass is 679 g/mol. The number of carboxylic acid groups (broad SMARTS) is 1. The molecule has 6 rings (SSSR count). The van der Waals surface area contributed by atoms with E-state index >= 15 is 0 Å². The summed E-state index contributed by atoms with van der Waals surface area (Å²) in [6.45, 7) is 0.338. The molecule has 252 valence electrons. The zero-order valence-corrected chi connectivity index (χ0v) is 27.5. The number of hydrogen-bond donors (Lipinski definition) is 3. The number of aliphatic hydroxyl groups excluding tert-OH is 1. The molecule has 0 aliphatic carbocycles. The normalized spacial score (nSPS) is 17.4. The van der Waals surface area contributed by atoms with Gasteiger partial charge >= 0.3 is 5.97 Å². The van der Waals surface area contributed by atoms with Crippen LogP contribution in [0.1, 0.15) is 60.3 Å². The molecule has 2 heterocycles. The van der Waals surface area contributed by atoms with Gasteiger partial charge in [-0.3, -0.25) is 9.59 Å². The number of thioether (sulfide) groups is 1. The van der Waals surface area contributed by atoms with Crippen LogP contribution in [-0.4, -0.2) is 54.2 Å². The van der Waals surface area contributed by atoms with Crippen LogP contribution in [0.25, 0.3) is 16.8 Å². The van der Waals surface area contributed by atoms with E-state index in [0.717, 1.165) is 39.1 Å². The molecule has 3 N–H and O–H groups in total. The van der Waals surface area contributed by atoms with E-state index in [1.807, 2.05) is 103 Å². The number of carbonyl (C=O) groups is 2. The second-order valence-corrected chi connectivity index (χ2v) is 12.7. The van der Waals surface area contributed by atoms with E-state index in [-0.39, 0.29) is 37.6 Å². The second-order valence-electron chi connectivity index (χ2n) is 11.7. The molecule has 1 saturated heterocycles. The lowest BCUT2D eigenvalue weighted by Gasteiger charge is -2.36. The summed E-state index contributed by atoms with van der Waals surface area (Å²) >= 11 is 1.53. The molecule has 0 unspecified atom stereocenters. The third-order valence-electron chi connectivity index (χ3n) is 8.18. The Balaban J connectivity index is 1.14. The Hall–Kier alpha value is -4.88. The lowest BCUT2D eigenvalue weighted by molar-refractivity contribution is -0.245. The number of nitrogens with one attached hydrogen (secondary N) is 1. The van der Waals surface area contributed by atoms with E-state index in [0.29, 0.717) is 30.3 Å². The number of carboxylic acids is 1. The van der Waals surface area contributed by atoms with E-state index in [4.69, 9.17) is 14.6 Å². The van der Waals surface area contributed by atoms with Crippen molar-refractivity contribution >= 4 is 23.6 Å². The van der Waals surface area contributed by atoms with E-state index < -0.39 is 12.3 Å². The molecular formula is C37H37N5O6S. The van der Waals surface area contributed by atoms with Gasteiger partial charge in [-0.1, -0.05) is 96.7 Å². The molecule has 1 amide bonds. The molecular weight excluding hydrogens is 643 g/mol. The molecule has 1 aliphatic heterocycles. The smallest absolute Gasteiger partial charge is 0.303 e. The second kappa shape index (κ2) is 16.5. The number of para-hydroxylation sites is 1. The van der Waals surface area contributed by atoms with Gasteiger partial charge in [0.2, 0.25) is 11.1 Å². The van der Waals surface area contributed by atoms with Crippen LogP contribution in [0.15, 0.2) is 108 Å². The van der Waals surface area contributed by atoms with Crippen molar-refractivity contribution in [1.29, 1.82) is 0 Å². The van der Waals surface area contributed by atoms with Crippen LogP contribution in [-0.2, 0) is 32.2 Å². The highest BCUT2D eigenvalue weighted by Gasteiger charge is 2.32. The van der Waals surface area contributed by atoms with Gasteiger partial charge in [-0.2, -0.15) is 4.68 Å². The average Bonchev–Trinajstić information content (AvgIpc) is 3.62. The van der Waals surface area contributed by atoms with Crippen LogP contribution in [0.5, 0.6) is 0 Å². The van der Waals surface area contributed by atoms with Gasteiger partial charge in [0.05, 0.1) is 24.5 Å². The summed E-state index contributed by atoms with van der Waals surface area (Å²) in [7, 11) is 0. The van der Waals surface area contributed by atoms with Crippen LogP contribution < -0.4 is 5.32 Å². The molecule has 49 heavy (non-hydrogen) atoms. The molecule has 1 aliphatic rings. The highest BCUT2D eigenvalue weighted by molar-refractivity contribution is 7.99. The first-order valence-corrected chi connectivity index (χ1v) is 17.1. The van der Waals surface area contributed by atoms with Crippen LogP contribution in [0.2, 0.25) is 0 Å². The van der Waals surface area contributed by atoms with E-state index in [9.17, 15) is 14.7 Å². The summed E-state index contributed by atoms with van der Waals surface area (Å²) in [6.07, 6.45) is 0.108. The number of tetrazole rings is 1. The number of benzene rings is 4. The summed E-state index contributed by atoms with van der Waals surface area (Å²) < 4.78 is 14.8. The predicted molar refractivity (Wildman–Crippen MR) is 184 cm³/mol. The van der Waals surface area contributed by atoms with Crippen molar-refractivity contribution in [2.45, 2.75) is 62.5 Å². The molecule has 1 fully saturated rings. The minimum absolute atomic E-state index is 0.0224. The zero-order chi connectivity index (χ0) is 34.0. The molecule has 0 spiro atoms. The van der Waals surface area contributed by atoms with Crippen LogP contribution >= 0.6 is 11.8 Å². The number of aromatic nitrogens is 4. The van der Waals surface area contributed by atoms with Crippen molar-refractivity contribution in [2.75, 3.05) is 5.75 Å². The highest BCUT2D eigenvalue weighted by Crippen LogP contribution is 2.40. The van der Waals surface area contributed by atoms with Crippen molar-refractivity contribution in [3.05, 3.63) is 125 Å². The summed E-state index contributed by atoms with van der Waals surface area (Å²) in [5, 5.41) is 34.2. The van der Waals surface area contributed by atoms with Crippen molar-refractivity contribution in [1.82, 2.24) is 25.5 Å². The largest absolute Gasteiger partial charge is 0.481 e. The number of aliphatic hydroxyl groups is 1. The summed E-state index contributed by atoms with van der Waals surface area (Å²) in [5.74, 6) is -0.462.